The van der Waals surface area contributed by atoms with Gasteiger partial charge < -0.3 is 9.47 Å². The fraction of sp³-hybridized carbons (Fsp3) is 0.211. The number of nitrogens with zero attached hydrogens (tertiary/aromatic N) is 2. The van der Waals surface area contributed by atoms with Gasteiger partial charge in [-0.15, -0.1) is 0 Å². The van der Waals surface area contributed by atoms with E-state index in [0.29, 0.717) is 5.69 Å². The van der Waals surface area contributed by atoms with Gasteiger partial charge in [0, 0.05) is 41.4 Å². The van der Waals surface area contributed by atoms with E-state index < -0.39 is 10.0 Å². The van der Waals surface area contributed by atoms with Gasteiger partial charge >= 0.3 is 0 Å². The van der Waals surface area contributed by atoms with Crippen LogP contribution in [0.4, 0.5) is 5.69 Å². The van der Waals surface area contributed by atoms with E-state index >= 15 is 0 Å². The van der Waals surface area contributed by atoms with Gasteiger partial charge in [0.15, 0.2) is 0 Å². The first-order valence-electron chi connectivity index (χ1n) is 8.25. The highest BCUT2D eigenvalue weighted by Crippen LogP contribution is 2.25. The largest absolute Gasteiger partial charge is 0.347 e. The van der Waals surface area contributed by atoms with Crippen LogP contribution in [0, 0.1) is 6.92 Å². The molecule has 1 aromatic heterocycles. The van der Waals surface area contributed by atoms with Crippen molar-refractivity contribution in [3.63, 3.8) is 0 Å². The zero-order valence-corrected chi connectivity index (χ0v) is 17.6. The minimum absolute atomic E-state index is 0.0112. The van der Waals surface area contributed by atoms with Gasteiger partial charge in [-0.3, -0.25) is 9.52 Å². The second-order valence-corrected chi connectivity index (χ2v) is 9.06. The molecule has 0 radical (unpaired) electrons. The van der Waals surface area contributed by atoms with Crippen LogP contribution in [-0.4, -0.2) is 37.9 Å². The number of sulfonamides is 1. The molecule has 1 amide bonds. The Kier molecular flexibility index (Phi) is 5.30. The summed E-state index contributed by atoms with van der Waals surface area (Å²) < 4.78 is 30.6. The second-order valence-electron chi connectivity index (χ2n) is 6.52. The van der Waals surface area contributed by atoms with E-state index in [4.69, 9.17) is 0 Å². The summed E-state index contributed by atoms with van der Waals surface area (Å²) in [5.74, 6) is -0.0112. The van der Waals surface area contributed by atoms with Gasteiger partial charge in [0.2, 0.25) is 5.91 Å². The van der Waals surface area contributed by atoms with Gasteiger partial charge in [0.25, 0.3) is 10.0 Å². The average Bonchev–Trinajstić information content (AvgIpc) is 2.98. The number of benzene rings is 2. The normalized spacial score (nSPS) is 11.6. The number of carbonyl (C=O) groups is 1. The van der Waals surface area contributed by atoms with Crippen LogP contribution in [-0.2, 0) is 21.4 Å². The topological polar surface area (TPSA) is 71.4 Å². The number of aryl methyl sites for hydroxylation is 1. The summed E-state index contributed by atoms with van der Waals surface area (Å²) in [4.78, 5) is 13.7. The SMILES string of the molecule is Cc1cc(S(=O)(=O)Nc2ccc3c(ccn3CC(=O)N(C)C)c2)ccc1Br. The predicted molar refractivity (Wildman–Crippen MR) is 110 cm³/mol. The number of fused-ring (bicyclic) bond motifs is 1. The highest BCUT2D eigenvalue weighted by molar-refractivity contribution is 9.10. The third-order valence-electron chi connectivity index (χ3n) is 4.27. The lowest BCUT2D eigenvalue weighted by molar-refractivity contribution is -0.129. The number of hydrogen-bond donors (Lipinski definition) is 1. The summed E-state index contributed by atoms with van der Waals surface area (Å²) >= 11 is 3.37. The molecule has 0 spiro atoms. The zero-order valence-electron chi connectivity index (χ0n) is 15.2. The maximum Gasteiger partial charge on any atom is 0.261 e. The van der Waals surface area contributed by atoms with Crippen LogP contribution in [0.15, 0.2) is 58.0 Å². The Labute approximate surface area is 167 Å². The number of halogens is 1. The number of hydrogen-bond acceptors (Lipinski definition) is 3. The molecular formula is C19H20BrN3O3S. The molecule has 142 valence electrons. The van der Waals surface area contributed by atoms with Crippen LogP contribution < -0.4 is 4.72 Å². The molecule has 0 atom stereocenters. The van der Waals surface area contributed by atoms with Crippen molar-refractivity contribution in [1.82, 2.24) is 9.47 Å². The van der Waals surface area contributed by atoms with Crippen LogP contribution >= 0.6 is 15.9 Å². The quantitative estimate of drug-likeness (QED) is 0.646. The standard InChI is InChI=1S/C19H20BrN3O3S/c1-13-10-16(5-6-17(13)20)27(25,26)21-15-4-7-18-14(11-15)8-9-23(18)12-19(24)22(2)3/h4-11,21H,12H2,1-3H3. The van der Waals surface area contributed by atoms with Crippen molar-refractivity contribution in [3.8, 4) is 0 Å². The van der Waals surface area contributed by atoms with Gasteiger partial charge in [-0.2, -0.15) is 0 Å². The van der Waals surface area contributed by atoms with Crippen molar-refractivity contribution >= 4 is 48.5 Å². The Morgan fingerprint density at radius 3 is 2.56 bits per heavy atom. The Hall–Kier alpha value is -2.32. The molecule has 0 fully saturated rings. The number of aromatic nitrogens is 1. The number of likely N-dealkylation sites (N-methyl/N-ethyl adjacent to an activating group) is 1. The average molecular weight is 450 g/mol. The van der Waals surface area contributed by atoms with Gasteiger partial charge in [-0.1, -0.05) is 15.9 Å². The molecule has 0 saturated carbocycles. The molecule has 0 unspecified atom stereocenters. The van der Waals surface area contributed by atoms with Crippen molar-refractivity contribution in [2.75, 3.05) is 18.8 Å². The third-order valence-corrected chi connectivity index (χ3v) is 6.54. The van der Waals surface area contributed by atoms with Gasteiger partial charge in [-0.25, -0.2) is 8.42 Å². The van der Waals surface area contributed by atoms with Crippen LogP contribution in [0.25, 0.3) is 10.9 Å². The Morgan fingerprint density at radius 1 is 1.15 bits per heavy atom. The fourth-order valence-corrected chi connectivity index (χ4v) is 4.07. The first-order chi connectivity index (χ1) is 12.7. The molecule has 27 heavy (non-hydrogen) atoms. The van der Waals surface area contributed by atoms with Crippen LogP contribution in [0.2, 0.25) is 0 Å². The Morgan fingerprint density at radius 2 is 1.89 bits per heavy atom. The van der Waals surface area contributed by atoms with Gasteiger partial charge in [-0.05, 0) is 55.0 Å². The highest BCUT2D eigenvalue weighted by Gasteiger charge is 2.16. The molecule has 0 aliphatic heterocycles. The van der Waals surface area contributed by atoms with Crippen molar-refractivity contribution in [3.05, 3.63) is 58.7 Å². The first kappa shape index (κ1) is 19.4. The molecular weight excluding hydrogens is 430 g/mol. The van der Waals surface area contributed by atoms with Crippen LogP contribution in [0.3, 0.4) is 0 Å². The first-order valence-corrected chi connectivity index (χ1v) is 10.5. The van der Waals surface area contributed by atoms with Crippen molar-refractivity contribution in [1.29, 1.82) is 0 Å². The lowest BCUT2D eigenvalue weighted by Gasteiger charge is -2.12. The minimum atomic E-state index is -3.68. The van der Waals surface area contributed by atoms with E-state index in [2.05, 4.69) is 20.7 Å². The second kappa shape index (κ2) is 7.36. The maximum absolute atomic E-state index is 12.6. The van der Waals surface area contributed by atoms with Gasteiger partial charge in [0.1, 0.15) is 6.54 Å². The van der Waals surface area contributed by atoms with E-state index in [9.17, 15) is 13.2 Å². The number of rotatable bonds is 5. The number of anilines is 1. The summed E-state index contributed by atoms with van der Waals surface area (Å²) in [6.07, 6.45) is 1.82. The lowest BCUT2D eigenvalue weighted by Crippen LogP contribution is -2.25. The van der Waals surface area contributed by atoms with E-state index in [0.717, 1.165) is 20.9 Å². The summed E-state index contributed by atoms with van der Waals surface area (Å²) in [5, 5.41) is 0.855. The number of carbonyl (C=O) groups excluding carboxylic acids is 1. The smallest absolute Gasteiger partial charge is 0.261 e. The highest BCUT2D eigenvalue weighted by atomic mass is 79.9. The number of nitrogens with one attached hydrogen (secondary N) is 1. The molecule has 3 rings (SSSR count). The van der Waals surface area contributed by atoms with E-state index in [1.165, 1.54) is 4.90 Å². The third kappa shape index (κ3) is 4.17. The van der Waals surface area contributed by atoms with Crippen molar-refractivity contribution in [2.45, 2.75) is 18.4 Å². The van der Waals surface area contributed by atoms with Crippen molar-refractivity contribution < 1.29 is 13.2 Å². The molecule has 1 heterocycles. The summed E-state index contributed by atoms with van der Waals surface area (Å²) in [5.41, 5.74) is 2.18. The fourth-order valence-electron chi connectivity index (χ4n) is 2.69. The molecule has 8 heteroatoms. The molecule has 3 aromatic rings. The van der Waals surface area contributed by atoms with E-state index in [1.54, 1.807) is 44.4 Å². The van der Waals surface area contributed by atoms with Crippen LogP contribution in [0.5, 0.6) is 0 Å². The van der Waals surface area contributed by atoms with Gasteiger partial charge in [0.05, 0.1) is 4.90 Å². The molecule has 2 aromatic carbocycles. The zero-order chi connectivity index (χ0) is 19.8. The molecule has 1 N–H and O–H groups in total. The molecule has 0 saturated heterocycles. The number of amides is 1. The Balaban J connectivity index is 1.87. The molecule has 0 aliphatic rings. The summed E-state index contributed by atoms with van der Waals surface area (Å²) in [7, 11) is -0.257. The molecule has 0 bridgehead atoms. The van der Waals surface area contributed by atoms with Crippen molar-refractivity contribution in [2.24, 2.45) is 0 Å². The van der Waals surface area contributed by atoms with E-state index in [1.807, 2.05) is 29.8 Å². The monoisotopic (exact) mass is 449 g/mol. The Bertz CT molecular complexity index is 1120. The van der Waals surface area contributed by atoms with E-state index in [-0.39, 0.29) is 17.3 Å². The maximum atomic E-state index is 12.6. The van der Waals surface area contributed by atoms with Crippen LogP contribution in [0.1, 0.15) is 5.56 Å². The molecule has 6 nitrogen and oxygen atoms in total. The summed E-state index contributed by atoms with van der Waals surface area (Å²) in [6, 6.07) is 12.0. The molecule has 0 aliphatic carbocycles. The predicted octanol–water partition coefficient (Wildman–Crippen LogP) is 3.60. The minimum Gasteiger partial charge on any atom is -0.347 e. The lowest BCUT2D eigenvalue weighted by atomic mass is 10.2. The summed E-state index contributed by atoms with van der Waals surface area (Å²) in [6.45, 7) is 2.08.